The second-order valence-electron chi connectivity index (χ2n) is 3.26. The standard InChI is InChI=1S/C10H9BrClN3O/c1-15-8(5-16)13-14-10(15)6-3-2-4-7(11)9(6)12/h2-4,16H,5H2,1H3. The van der Waals surface area contributed by atoms with Crippen molar-refractivity contribution in [3.05, 3.63) is 33.5 Å². The van der Waals surface area contributed by atoms with Crippen LogP contribution in [0.1, 0.15) is 5.82 Å². The summed E-state index contributed by atoms with van der Waals surface area (Å²) in [5.41, 5.74) is 0.783. The van der Waals surface area contributed by atoms with Gasteiger partial charge in [-0.1, -0.05) is 17.7 Å². The molecule has 0 bridgehead atoms. The van der Waals surface area contributed by atoms with E-state index in [9.17, 15) is 0 Å². The average molecular weight is 303 g/mol. The molecule has 1 aromatic heterocycles. The predicted molar refractivity (Wildman–Crippen MR) is 65.1 cm³/mol. The number of hydrogen-bond donors (Lipinski definition) is 1. The van der Waals surface area contributed by atoms with Gasteiger partial charge < -0.3 is 9.67 Å². The molecule has 0 aliphatic carbocycles. The van der Waals surface area contributed by atoms with E-state index in [2.05, 4.69) is 26.1 Å². The van der Waals surface area contributed by atoms with Crippen LogP contribution in [0.25, 0.3) is 11.4 Å². The topological polar surface area (TPSA) is 50.9 Å². The minimum absolute atomic E-state index is 0.144. The van der Waals surface area contributed by atoms with E-state index in [1.807, 2.05) is 18.2 Å². The molecular weight excluding hydrogens is 293 g/mol. The highest BCUT2D eigenvalue weighted by Crippen LogP contribution is 2.32. The third-order valence-corrected chi connectivity index (χ3v) is 3.60. The lowest BCUT2D eigenvalue weighted by molar-refractivity contribution is 0.267. The molecule has 6 heteroatoms. The largest absolute Gasteiger partial charge is 0.388 e. The van der Waals surface area contributed by atoms with Gasteiger partial charge in [0.15, 0.2) is 11.6 Å². The van der Waals surface area contributed by atoms with Crippen molar-refractivity contribution in [2.24, 2.45) is 7.05 Å². The van der Waals surface area contributed by atoms with Crippen LogP contribution in [0.5, 0.6) is 0 Å². The Kier molecular flexibility index (Phi) is 3.28. The number of benzene rings is 1. The van der Waals surface area contributed by atoms with Gasteiger partial charge in [-0.3, -0.25) is 0 Å². The van der Waals surface area contributed by atoms with Gasteiger partial charge in [0.25, 0.3) is 0 Å². The van der Waals surface area contributed by atoms with Crippen molar-refractivity contribution < 1.29 is 5.11 Å². The van der Waals surface area contributed by atoms with Gasteiger partial charge in [-0.25, -0.2) is 0 Å². The number of halogens is 2. The van der Waals surface area contributed by atoms with E-state index in [1.54, 1.807) is 11.6 Å². The summed E-state index contributed by atoms with van der Waals surface area (Å²) >= 11 is 9.51. The van der Waals surface area contributed by atoms with Crippen molar-refractivity contribution in [3.63, 3.8) is 0 Å². The Bertz CT molecular complexity index is 527. The van der Waals surface area contributed by atoms with Crippen LogP contribution in [0.15, 0.2) is 22.7 Å². The smallest absolute Gasteiger partial charge is 0.165 e. The molecule has 0 aliphatic rings. The molecule has 0 aliphatic heterocycles. The summed E-state index contributed by atoms with van der Waals surface area (Å²) in [6.07, 6.45) is 0. The zero-order valence-electron chi connectivity index (χ0n) is 8.48. The quantitative estimate of drug-likeness (QED) is 0.927. The van der Waals surface area contributed by atoms with Gasteiger partial charge in [0.2, 0.25) is 0 Å². The molecule has 16 heavy (non-hydrogen) atoms. The predicted octanol–water partition coefficient (Wildman–Crippen LogP) is 2.39. The first kappa shape index (κ1) is 11.6. The van der Waals surface area contributed by atoms with Crippen molar-refractivity contribution >= 4 is 27.5 Å². The average Bonchev–Trinajstić information content (AvgIpc) is 2.64. The highest BCUT2D eigenvalue weighted by Gasteiger charge is 2.14. The lowest BCUT2D eigenvalue weighted by Crippen LogP contribution is -1.99. The van der Waals surface area contributed by atoms with Crippen LogP contribution < -0.4 is 0 Å². The number of aromatic nitrogens is 3. The number of aliphatic hydroxyl groups is 1. The number of rotatable bonds is 2. The van der Waals surface area contributed by atoms with Crippen LogP contribution in [0.2, 0.25) is 5.02 Å². The van der Waals surface area contributed by atoms with Gasteiger partial charge in [-0.15, -0.1) is 10.2 Å². The highest BCUT2D eigenvalue weighted by atomic mass is 79.9. The molecule has 0 saturated heterocycles. The Morgan fingerprint density at radius 1 is 1.44 bits per heavy atom. The molecule has 0 atom stereocenters. The fourth-order valence-electron chi connectivity index (χ4n) is 1.41. The second kappa shape index (κ2) is 4.53. The summed E-state index contributed by atoms with van der Waals surface area (Å²) in [5.74, 6) is 1.14. The number of nitrogens with zero attached hydrogens (tertiary/aromatic N) is 3. The summed E-state index contributed by atoms with van der Waals surface area (Å²) in [7, 11) is 1.79. The summed E-state index contributed by atoms with van der Waals surface area (Å²) in [5, 5.41) is 17.5. The van der Waals surface area contributed by atoms with Gasteiger partial charge >= 0.3 is 0 Å². The van der Waals surface area contributed by atoms with Crippen molar-refractivity contribution in [1.29, 1.82) is 0 Å². The molecule has 1 N–H and O–H groups in total. The summed E-state index contributed by atoms with van der Waals surface area (Å²) in [6.45, 7) is -0.144. The van der Waals surface area contributed by atoms with E-state index < -0.39 is 0 Å². The van der Waals surface area contributed by atoms with Gasteiger partial charge in [0.1, 0.15) is 6.61 Å². The van der Waals surface area contributed by atoms with Crippen molar-refractivity contribution in [1.82, 2.24) is 14.8 Å². The maximum atomic E-state index is 9.04. The third kappa shape index (κ3) is 1.86. The van der Waals surface area contributed by atoms with E-state index in [1.165, 1.54) is 0 Å². The van der Waals surface area contributed by atoms with Crippen LogP contribution in [0.4, 0.5) is 0 Å². The van der Waals surface area contributed by atoms with Crippen LogP contribution in [0.3, 0.4) is 0 Å². The molecule has 1 heterocycles. The Balaban J connectivity index is 2.59. The van der Waals surface area contributed by atoms with Gasteiger partial charge in [0, 0.05) is 17.1 Å². The Morgan fingerprint density at radius 3 is 2.81 bits per heavy atom. The first-order chi connectivity index (χ1) is 7.65. The van der Waals surface area contributed by atoms with E-state index >= 15 is 0 Å². The van der Waals surface area contributed by atoms with Crippen LogP contribution in [-0.2, 0) is 13.7 Å². The minimum Gasteiger partial charge on any atom is -0.388 e. The van der Waals surface area contributed by atoms with Crippen molar-refractivity contribution in [2.75, 3.05) is 0 Å². The van der Waals surface area contributed by atoms with Gasteiger partial charge in [-0.05, 0) is 28.1 Å². The summed E-state index contributed by atoms with van der Waals surface area (Å²) in [6, 6.07) is 5.59. The molecule has 2 rings (SSSR count). The number of aliphatic hydroxyl groups excluding tert-OH is 1. The van der Waals surface area contributed by atoms with E-state index in [4.69, 9.17) is 16.7 Å². The number of hydrogen-bond acceptors (Lipinski definition) is 3. The van der Waals surface area contributed by atoms with Crippen molar-refractivity contribution in [3.8, 4) is 11.4 Å². The first-order valence-electron chi connectivity index (χ1n) is 4.58. The fourth-order valence-corrected chi connectivity index (χ4v) is 1.99. The maximum Gasteiger partial charge on any atom is 0.165 e. The maximum absolute atomic E-state index is 9.04. The summed E-state index contributed by atoms with van der Waals surface area (Å²) in [4.78, 5) is 0. The highest BCUT2D eigenvalue weighted by molar-refractivity contribution is 9.10. The Labute approximate surface area is 106 Å². The second-order valence-corrected chi connectivity index (χ2v) is 4.49. The molecule has 0 fully saturated rings. The molecule has 4 nitrogen and oxygen atoms in total. The van der Waals surface area contributed by atoms with Crippen molar-refractivity contribution in [2.45, 2.75) is 6.61 Å². The minimum atomic E-state index is -0.144. The molecule has 1 aromatic carbocycles. The molecule has 0 amide bonds. The van der Waals surface area contributed by atoms with E-state index in [0.717, 1.165) is 10.0 Å². The Morgan fingerprint density at radius 2 is 2.19 bits per heavy atom. The molecule has 84 valence electrons. The van der Waals surface area contributed by atoms with Gasteiger partial charge in [-0.2, -0.15) is 0 Å². The summed E-state index contributed by atoms with van der Waals surface area (Å²) < 4.78 is 2.52. The molecule has 0 spiro atoms. The molecular formula is C10H9BrClN3O. The molecule has 0 unspecified atom stereocenters. The first-order valence-corrected chi connectivity index (χ1v) is 5.75. The molecule has 0 saturated carbocycles. The normalized spacial score (nSPS) is 10.8. The van der Waals surface area contributed by atoms with Gasteiger partial charge in [0.05, 0.1) is 5.02 Å². The Hall–Kier alpha value is -0.910. The van der Waals surface area contributed by atoms with E-state index in [-0.39, 0.29) is 6.61 Å². The third-order valence-electron chi connectivity index (χ3n) is 2.30. The van der Waals surface area contributed by atoms with Crippen LogP contribution >= 0.6 is 27.5 Å². The zero-order chi connectivity index (χ0) is 11.7. The zero-order valence-corrected chi connectivity index (χ0v) is 10.8. The lowest BCUT2D eigenvalue weighted by atomic mass is 10.2. The SMILES string of the molecule is Cn1c(CO)nnc1-c1cccc(Br)c1Cl. The van der Waals surface area contributed by atoms with Crippen LogP contribution in [-0.4, -0.2) is 19.9 Å². The lowest BCUT2D eigenvalue weighted by Gasteiger charge is -2.05. The van der Waals surface area contributed by atoms with E-state index in [0.29, 0.717) is 16.7 Å². The fraction of sp³-hybridized carbons (Fsp3) is 0.200. The van der Waals surface area contributed by atoms with Crippen LogP contribution in [0, 0.1) is 0 Å². The molecule has 2 aromatic rings. The monoisotopic (exact) mass is 301 g/mol. The molecule has 0 radical (unpaired) electrons.